The number of phenols is 1. The van der Waals surface area contributed by atoms with Crippen molar-refractivity contribution in [3.8, 4) is 5.75 Å². The summed E-state index contributed by atoms with van der Waals surface area (Å²) in [4.78, 5) is 29.0. The van der Waals surface area contributed by atoms with Crippen molar-refractivity contribution in [1.29, 1.82) is 0 Å². The molecule has 0 aliphatic rings. The van der Waals surface area contributed by atoms with Gasteiger partial charge in [-0.25, -0.2) is 0 Å². The van der Waals surface area contributed by atoms with E-state index in [1.165, 1.54) is 5.56 Å². The Morgan fingerprint density at radius 3 is 2.57 bits per heavy atom. The van der Waals surface area contributed by atoms with Crippen molar-refractivity contribution >= 4 is 27.5 Å². The fourth-order valence-corrected chi connectivity index (χ4v) is 5.21. The van der Waals surface area contributed by atoms with E-state index in [0.29, 0.717) is 31.6 Å². The second-order valence-corrected chi connectivity index (χ2v) is 10.8. The fourth-order valence-electron chi connectivity index (χ4n) is 4.31. The molecule has 0 atom stereocenters. The zero-order valence-electron chi connectivity index (χ0n) is 21.2. The third kappa shape index (κ3) is 7.92. The molecular formula is C27H38N4O3S. The highest BCUT2D eigenvalue weighted by Crippen LogP contribution is 2.27. The monoisotopic (exact) mass is 498 g/mol. The largest absolute Gasteiger partial charge is 0.506 e. The highest BCUT2D eigenvalue weighted by Gasteiger charge is 2.20. The van der Waals surface area contributed by atoms with Crippen LogP contribution in [0.1, 0.15) is 45.2 Å². The van der Waals surface area contributed by atoms with Crippen LogP contribution in [0.3, 0.4) is 0 Å². The van der Waals surface area contributed by atoms with E-state index in [0.717, 1.165) is 41.0 Å². The summed E-state index contributed by atoms with van der Waals surface area (Å²) in [7, 11) is 0. The number of fused-ring (bicyclic) bond motifs is 1. The minimum atomic E-state index is -0.167. The van der Waals surface area contributed by atoms with Crippen LogP contribution in [0.2, 0.25) is 0 Å². The van der Waals surface area contributed by atoms with Crippen LogP contribution in [0.15, 0.2) is 47.3 Å². The third-order valence-corrected chi connectivity index (χ3v) is 7.07. The normalized spacial score (nSPS) is 11.9. The number of thiazole rings is 1. The number of hydrogen-bond donors (Lipinski definition) is 4. The van der Waals surface area contributed by atoms with Gasteiger partial charge in [-0.2, -0.15) is 0 Å². The molecule has 35 heavy (non-hydrogen) atoms. The van der Waals surface area contributed by atoms with E-state index in [2.05, 4.69) is 53.7 Å². The number of benzene rings is 2. The highest BCUT2D eigenvalue weighted by molar-refractivity contribution is 7.16. The Labute approximate surface area is 211 Å². The van der Waals surface area contributed by atoms with Crippen molar-refractivity contribution in [3.05, 3.63) is 63.3 Å². The first-order valence-electron chi connectivity index (χ1n) is 12.3. The van der Waals surface area contributed by atoms with E-state index < -0.39 is 0 Å². The molecule has 0 aliphatic carbocycles. The Bertz CT molecular complexity index is 1150. The van der Waals surface area contributed by atoms with E-state index in [-0.39, 0.29) is 28.1 Å². The van der Waals surface area contributed by atoms with Crippen LogP contribution >= 0.6 is 11.3 Å². The van der Waals surface area contributed by atoms with Crippen molar-refractivity contribution in [2.45, 2.75) is 58.5 Å². The average Bonchev–Trinajstić information content (AvgIpc) is 3.20. The van der Waals surface area contributed by atoms with Gasteiger partial charge < -0.3 is 25.6 Å². The molecule has 0 aliphatic heterocycles. The first-order valence-corrected chi connectivity index (χ1v) is 13.1. The number of nitrogens with one attached hydrogen (secondary N) is 3. The second-order valence-electron chi connectivity index (χ2n) is 9.87. The van der Waals surface area contributed by atoms with E-state index in [1.807, 2.05) is 30.9 Å². The molecule has 0 radical (unpaired) electrons. The van der Waals surface area contributed by atoms with Gasteiger partial charge in [0.1, 0.15) is 11.3 Å². The number of carbonyl (C=O) groups is 1. The molecular weight excluding hydrogens is 460 g/mol. The van der Waals surface area contributed by atoms with Crippen LogP contribution in [0, 0.1) is 0 Å². The molecule has 3 rings (SSSR count). The summed E-state index contributed by atoms with van der Waals surface area (Å²) in [6, 6.07) is 14.0. The lowest BCUT2D eigenvalue weighted by atomic mass is 9.95. The molecule has 0 saturated carbocycles. The van der Waals surface area contributed by atoms with Crippen molar-refractivity contribution in [1.82, 2.24) is 20.5 Å². The lowest BCUT2D eigenvalue weighted by Gasteiger charge is -2.29. The summed E-state index contributed by atoms with van der Waals surface area (Å²) >= 11 is 1.12. The first-order chi connectivity index (χ1) is 16.7. The third-order valence-electron chi connectivity index (χ3n) is 6.11. The summed E-state index contributed by atoms with van der Waals surface area (Å²) in [5.41, 5.74) is 2.73. The zero-order chi connectivity index (χ0) is 25.4. The fraction of sp³-hybridized carbons (Fsp3) is 0.481. The Balaban J connectivity index is 1.41. The van der Waals surface area contributed by atoms with Crippen LogP contribution in [0.25, 0.3) is 10.2 Å². The summed E-state index contributed by atoms with van der Waals surface area (Å²) in [6.45, 7) is 11.1. The Kier molecular flexibility index (Phi) is 9.48. The summed E-state index contributed by atoms with van der Waals surface area (Å²) in [5, 5.41) is 16.9. The smallest absolute Gasteiger partial charge is 0.305 e. The molecule has 4 N–H and O–H groups in total. The number of nitrogens with zero attached hydrogens (tertiary/aromatic N) is 1. The van der Waals surface area contributed by atoms with Gasteiger partial charge in [0.25, 0.3) is 0 Å². The predicted molar refractivity (Wildman–Crippen MR) is 144 cm³/mol. The van der Waals surface area contributed by atoms with Crippen molar-refractivity contribution < 1.29 is 9.90 Å². The van der Waals surface area contributed by atoms with E-state index in [4.69, 9.17) is 0 Å². The van der Waals surface area contributed by atoms with Gasteiger partial charge in [-0.3, -0.25) is 9.59 Å². The minimum Gasteiger partial charge on any atom is -0.506 e. The van der Waals surface area contributed by atoms with Gasteiger partial charge in [0.05, 0.1) is 4.70 Å². The average molecular weight is 499 g/mol. The molecule has 0 spiro atoms. The molecule has 2 aromatic carbocycles. The maximum atomic E-state index is 12.9. The van der Waals surface area contributed by atoms with Crippen LogP contribution in [-0.4, -0.2) is 58.7 Å². The number of rotatable bonds is 13. The topological polar surface area (TPSA) is 97.5 Å². The lowest BCUT2D eigenvalue weighted by Crippen LogP contribution is -2.45. The van der Waals surface area contributed by atoms with Crippen molar-refractivity contribution in [3.63, 3.8) is 0 Å². The van der Waals surface area contributed by atoms with Crippen LogP contribution < -0.4 is 15.5 Å². The number of aromatic amines is 1. The van der Waals surface area contributed by atoms with Gasteiger partial charge in [-0.1, -0.05) is 47.7 Å². The van der Waals surface area contributed by atoms with Crippen LogP contribution in [0.4, 0.5) is 0 Å². The molecule has 1 amide bonds. The first kappa shape index (κ1) is 26.9. The second kappa shape index (κ2) is 12.3. The number of H-pyrrole nitrogens is 1. The molecule has 1 aromatic heterocycles. The predicted octanol–water partition coefficient (Wildman–Crippen LogP) is 3.67. The molecule has 7 nitrogen and oxygen atoms in total. The van der Waals surface area contributed by atoms with Gasteiger partial charge in [0, 0.05) is 37.6 Å². The summed E-state index contributed by atoms with van der Waals surface area (Å²) in [5.74, 6) is 0.251. The molecule has 0 fully saturated rings. The standard InChI is InChI=1S/C27H38N4O3S/c1-19(2)31(23(33)13-15-29-27(3,4)18-20-8-6-5-7-9-20)17-16-28-14-12-21-10-11-22(32)24-25(21)35-26(34)30-24/h5-11,19,28-29,32H,12-18H2,1-4H3,(H,30,34). The maximum absolute atomic E-state index is 12.9. The number of aromatic nitrogens is 1. The van der Waals surface area contributed by atoms with E-state index >= 15 is 0 Å². The van der Waals surface area contributed by atoms with Gasteiger partial charge >= 0.3 is 4.87 Å². The van der Waals surface area contributed by atoms with Crippen LogP contribution in [-0.2, 0) is 17.6 Å². The number of amides is 1. The minimum absolute atomic E-state index is 0.0846. The van der Waals surface area contributed by atoms with Crippen LogP contribution in [0.5, 0.6) is 5.75 Å². The summed E-state index contributed by atoms with van der Waals surface area (Å²) in [6.07, 6.45) is 2.11. The Morgan fingerprint density at radius 2 is 1.86 bits per heavy atom. The van der Waals surface area contributed by atoms with Crippen molar-refractivity contribution in [2.75, 3.05) is 26.2 Å². The van der Waals surface area contributed by atoms with Gasteiger partial charge in [-0.05, 0) is 64.3 Å². The Hall–Kier alpha value is -2.68. The highest BCUT2D eigenvalue weighted by atomic mass is 32.1. The van der Waals surface area contributed by atoms with Gasteiger partial charge in [0.15, 0.2) is 0 Å². The maximum Gasteiger partial charge on any atom is 0.305 e. The van der Waals surface area contributed by atoms with E-state index in [9.17, 15) is 14.7 Å². The van der Waals surface area contributed by atoms with Gasteiger partial charge in [0.2, 0.25) is 5.91 Å². The Morgan fingerprint density at radius 1 is 1.11 bits per heavy atom. The number of aromatic hydroxyl groups is 1. The quantitative estimate of drug-likeness (QED) is 0.270. The molecule has 3 aromatic rings. The molecule has 8 heteroatoms. The summed E-state index contributed by atoms with van der Waals surface area (Å²) < 4.78 is 0.804. The molecule has 0 unspecified atom stereocenters. The van der Waals surface area contributed by atoms with Gasteiger partial charge in [-0.15, -0.1) is 0 Å². The number of hydrogen-bond acceptors (Lipinski definition) is 6. The molecule has 190 valence electrons. The number of phenolic OH excluding ortho intramolecular Hbond substituents is 1. The lowest BCUT2D eigenvalue weighted by molar-refractivity contribution is -0.132. The van der Waals surface area contributed by atoms with E-state index in [1.54, 1.807) is 6.07 Å². The number of carbonyl (C=O) groups excluding carboxylic acids is 1. The molecule has 0 bridgehead atoms. The zero-order valence-corrected chi connectivity index (χ0v) is 22.0. The van der Waals surface area contributed by atoms with Crippen molar-refractivity contribution in [2.24, 2.45) is 0 Å². The molecule has 1 heterocycles. The molecule has 0 saturated heterocycles. The SMILES string of the molecule is CC(C)N(CCNCCc1ccc(O)c2[nH]c(=O)sc12)C(=O)CCNC(C)(C)Cc1ccccc1.